The van der Waals surface area contributed by atoms with Crippen LogP contribution in [0.2, 0.25) is 0 Å². The van der Waals surface area contributed by atoms with E-state index in [0.717, 1.165) is 16.8 Å². The standard InChI is InChI=1S/C13H10F3N3O3/c14-13(15,16)8-3-1-2-4-9(8)18-12(22)10-5-6-17-19(10)7-11(20)21/h1-6H,7H2,(H,18,22)(H,20,21). The summed E-state index contributed by atoms with van der Waals surface area (Å²) in [7, 11) is 0. The van der Waals surface area contributed by atoms with Gasteiger partial charge in [0.2, 0.25) is 0 Å². The summed E-state index contributed by atoms with van der Waals surface area (Å²) in [5.41, 5.74) is -1.56. The number of alkyl halides is 3. The van der Waals surface area contributed by atoms with Crippen LogP contribution < -0.4 is 5.32 Å². The van der Waals surface area contributed by atoms with Crippen LogP contribution in [-0.2, 0) is 17.5 Å². The smallest absolute Gasteiger partial charge is 0.418 e. The van der Waals surface area contributed by atoms with Gasteiger partial charge in [-0.3, -0.25) is 9.59 Å². The summed E-state index contributed by atoms with van der Waals surface area (Å²) in [6, 6.07) is 5.71. The first-order chi connectivity index (χ1) is 10.3. The van der Waals surface area contributed by atoms with Crippen LogP contribution in [0.4, 0.5) is 18.9 Å². The molecule has 0 aliphatic carbocycles. The van der Waals surface area contributed by atoms with Gasteiger partial charge in [0.1, 0.15) is 12.2 Å². The topological polar surface area (TPSA) is 84.2 Å². The van der Waals surface area contributed by atoms with Crippen molar-refractivity contribution in [2.45, 2.75) is 12.7 Å². The van der Waals surface area contributed by atoms with Gasteiger partial charge >= 0.3 is 12.1 Å². The molecule has 6 nitrogen and oxygen atoms in total. The minimum Gasteiger partial charge on any atom is -0.480 e. The molecule has 2 aromatic rings. The van der Waals surface area contributed by atoms with Gasteiger partial charge in [-0.1, -0.05) is 12.1 Å². The maximum Gasteiger partial charge on any atom is 0.418 e. The van der Waals surface area contributed by atoms with E-state index in [1.807, 2.05) is 0 Å². The molecule has 22 heavy (non-hydrogen) atoms. The molecule has 0 radical (unpaired) electrons. The summed E-state index contributed by atoms with van der Waals surface area (Å²) in [5.74, 6) is -2.11. The van der Waals surface area contributed by atoms with Crippen LogP contribution in [0.5, 0.6) is 0 Å². The van der Waals surface area contributed by atoms with E-state index in [9.17, 15) is 22.8 Å². The van der Waals surface area contributed by atoms with Gasteiger partial charge in [0.05, 0.1) is 11.3 Å². The molecule has 0 saturated carbocycles. The molecule has 0 spiro atoms. The molecule has 1 aromatic carbocycles. The first kappa shape index (κ1) is 15.5. The lowest BCUT2D eigenvalue weighted by atomic mass is 10.1. The van der Waals surface area contributed by atoms with Crippen LogP contribution in [0, 0.1) is 0 Å². The summed E-state index contributed by atoms with van der Waals surface area (Å²) < 4.78 is 39.4. The number of carboxylic acids is 1. The fraction of sp³-hybridized carbons (Fsp3) is 0.154. The fourth-order valence-corrected chi connectivity index (χ4v) is 1.81. The number of nitrogens with one attached hydrogen (secondary N) is 1. The Morgan fingerprint density at radius 2 is 1.91 bits per heavy atom. The number of amides is 1. The normalized spacial score (nSPS) is 11.2. The minimum atomic E-state index is -4.62. The third-order valence-electron chi connectivity index (χ3n) is 2.71. The fourth-order valence-electron chi connectivity index (χ4n) is 1.81. The van der Waals surface area contributed by atoms with E-state index >= 15 is 0 Å². The second kappa shape index (κ2) is 5.88. The molecule has 2 rings (SSSR count). The number of carboxylic acid groups (broad SMARTS) is 1. The monoisotopic (exact) mass is 313 g/mol. The highest BCUT2D eigenvalue weighted by Gasteiger charge is 2.33. The molecule has 1 amide bonds. The summed E-state index contributed by atoms with van der Waals surface area (Å²) in [4.78, 5) is 22.7. The molecule has 1 heterocycles. The highest BCUT2D eigenvalue weighted by molar-refractivity contribution is 6.03. The summed E-state index contributed by atoms with van der Waals surface area (Å²) in [6.45, 7) is -0.573. The molecule has 0 bridgehead atoms. The van der Waals surface area contributed by atoms with Crippen molar-refractivity contribution < 1.29 is 27.9 Å². The van der Waals surface area contributed by atoms with Gasteiger partial charge in [0, 0.05) is 6.20 Å². The van der Waals surface area contributed by atoms with Gasteiger partial charge in [0.15, 0.2) is 0 Å². The number of carbonyl (C=O) groups is 2. The quantitative estimate of drug-likeness (QED) is 0.906. The number of benzene rings is 1. The van der Waals surface area contributed by atoms with Crippen molar-refractivity contribution >= 4 is 17.6 Å². The SMILES string of the molecule is O=C(O)Cn1nccc1C(=O)Nc1ccccc1C(F)(F)F. The second-order valence-corrected chi connectivity index (χ2v) is 4.27. The van der Waals surface area contributed by atoms with Crippen molar-refractivity contribution in [1.29, 1.82) is 0 Å². The van der Waals surface area contributed by atoms with Gasteiger partial charge in [-0.05, 0) is 18.2 Å². The Balaban J connectivity index is 2.27. The van der Waals surface area contributed by atoms with E-state index in [-0.39, 0.29) is 5.69 Å². The lowest BCUT2D eigenvalue weighted by Crippen LogP contribution is -2.22. The van der Waals surface area contributed by atoms with E-state index < -0.39 is 35.8 Å². The first-order valence-electron chi connectivity index (χ1n) is 6.00. The van der Waals surface area contributed by atoms with Crippen molar-refractivity contribution in [3.05, 3.63) is 47.8 Å². The molecule has 1 aromatic heterocycles. The van der Waals surface area contributed by atoms with Crippen molar-refractivity contribution in [1.82, 2.24) is 9.78 Å². The van der Waals surface area contributed by atoms with E-state index in [0.29, 0.717) is 0 Å². The average Bonchev–Trinajstić information content (AvgIpc) is 2.85. The van der Waals surface area contributed by atoms with Crippen molar-refractivity contribution in [2.75, 3.05) is 5.32 Å². The number of hydrogen-bond donors (Lipinski definition) is 2. The minimum absolute atomic E-state index is 0.153. The van der Waals surface area contributed by atoms with E-state index in [1.54, 1.807) is 0 Å². The highest BCUT2D eigenvalue weighted by Crippen LogP contribution is 2.34. The summed E-state index contributed by atoms with van der Waals surface area (Å²) in [5, 5.41) is 14.5. The lowest BCUT2D eigenvalue weighted by Gasteiger charge is -2.13. The Morgan fingerprint density at radius 3 is 2.55 bits per heavy atom. The number of hydrogen-bond acceptors (Lipinski definition) is 3. The van der Waals surface area contributed by atoms with Crippen molar-refractivity contribution in [3.63, 3.8) is 0 Å². The Kier molecular flexibility index (Phi) is 4.15. The Morgan fingerprint density at radius 1 is 1.23 bits per heavy atom. The van der Waals surface area contributed by atoms with Gasteiger partial charge in [-0.25, -0.2) is 4.68 Å². The van der Waals surface area contributed by atoms with Crippen molar-refractivity contribution in [2.24, 2.45) is 0 Å². The highest BCUT2D eigenvalue weighted by atomic mass is 19.4. The number of aromatic nitrogens is 2. The zero-order chi connectivity index (χ0) is 16.3. The van der Waals surface area contributed by atoms with E-state index in [4.69, 9.17) is 5.11 Å². The van der Waals surface area contributed by atoms with E-state index in [1.165, 1.54) is 24.4 Å². The summed E-state index contributed by atoms with van der Waals surface area (Å²) >= 11 is 0. The average molecular weight is 313 g/mol. The van der Waals surface area contributed by atoms with Gasteiger partial charge < -0.3 is 10.4 Å². The molecular formula is C13H10F3N3O3. The third kappa shape index (κ3) is 3.43. The Hall–Kier alpha value is -2.84. The third-order valence-corrected chi connectivity index (χ3v) is 2.71. The predicted molar refractivity (Wildman–Crippen MR) is 69.3 cm³/mol. The molecule has 9 heteroatoms. The van der Waals surface area contributed by atoms with Crippen LogP contribution in [0.1, 0.15) is 16.1 Å². The first-order valence-corrected chi connectivity index (χ1v) is 6.00. The zero-order valence-corrected chi connectivity index (χ0v) is 11.0. The lowest BCUT2D eigenvalue weighted by molar-refractivity contribution is -0.138. The molecule has 116 valence electrons. The van der Waals surface area contributed by atoms with Crippen LogP contribution in [-0.4, -0.2) is 26.8 Å². The van der Waals surface area contributed by atoms with Crippen LogP contribution in [0.15, 0.2) is 36.5 Å². The molecule has 0 atom stereocenters. The zero-order valence-electron chi connectivity index (χ0n) is 11.0. The van der Waals surface area contributed by atoms with Gasteiger partial charge in [-0.15, -0.1) is 0 Å². The molecule has 0 unspecified atom stereocenters. The number of aliphatic carboxylic acids is 1. The number of carbonyl (C=O) groups excluding carboxylic acids is 1. The Bertz CT molecular complexity index is 710. The van der Waals surface area contributed by atoms with Crippen LogP contribution in [0.3, 0.4) is 0 Å². The number of para-hydroxylation sites is 1. The van der Waals surface area contributed by atoms with Crippen LogP contribution >= 0.6 is 0 Å². The largest absolute Gasteiger partial charge is 0.480 e. The van der Waals surface area contributed by atoms with E-state index in [2.05, 4.69) is 10.4 Å². The van der Waals surface area contributed by atoms with Crippen molar-refractivity contribution in [3.8, 4) is 0 Å². The molecular weight excluding hydrogens is 303 g/mol. The molecule has 2 N–H and O–H groups in total. The van der Waals surface area contributed by atoms with Gasteiger partial charge in [0.25, 0.3) is 5.91 Å². The predicted octanol–water partition coefficient (Wildman–Crippen LogP) is 2.24. The molecule has 0 fully saturated rings. The Labute approximate surface area is 122 Å². The maximum absolute atomic E-state index is 12.8. The van der Waals surface area contributed by atoms with Gasteiger partial charge in [-0.2, -0.15) is 18.3 Å². The summed E-state index contributed by atoms with van der Waals surface area (Å²) in [6.07, 6.45) is -3.43. The molecule has 0 saturated heterocycles. The number of nitrogens with zero attached hydrogens (tertiary/aromatic N) is 2. The van der Waals surface area contributed by atoms with Crippen LogP contribution in [0.25, 0.3) is 0 Å². The number of rotatable bonds is 4. The molecule has 0 aliphatic heterocycles. The maximum atomic E-state index is 12.8. The second-order valence-electron chi connectivity index (χ2n) is 4.27. The number of anilines is 1. The molecule has 0 aliphatic rings. The number of halogens is 3.